The molecular formula is C28H19ClF3N3OS. The number of carbonyl (C=O) groups is 1. The normalized spacial score (nSPS) is 11.6. The number of alkyl halides is 3. The van der Waals surface area contributed by atoms with E-state index in [4.69, 9.17) is 11.6 Å². The van der Waals surface area contributed by atoms with Crippen molar-refractivity contribution in [1.82, 2.24) is 10.2 Å². The summed E-state index contributed by atoms with van der Waals surface area (Å²) in [6.45, 7) is 0. The van der Waals surface area contributed by atoms with Crippen LogP contribution in [0.5, 0.6) is 0 Å². The molecule has 4 nitrogen and oxygen atoms in total. The van der Waals surface area contributed by atoms with Crippen LogP contribution in [0.3, 0.4) is 0 Å². The van der Waals surface area contributed by atoms with E-state index >= 15 is 0 Å². The Bertz CT molecular complexity index is 1610. The second-order valence-corrected chi connectivity index (χ2v) is 9.54. The molecule has 0 saturated heterocycles. The Balaban J connectivity index is 1.49. The van der Waals surface area contributed by atoms with Crippen molar-refractivity contribution in [3.63, 3.8) is 0 Å². The number of fused-ring (bicyclic) bond motifs is 1. The number of halogens is 4. The van der Waals surface area contributed by atoms with E-state index in [9.17, 15) is 18.0 Å². The fourth-order valence-electron chi connectivity index (χ4n) is 4.08. The summed E-state index contributed by atoms with van der Waals surface area (Å²) >= 11 is 7.95. The molecule has 9 heteroatoms. The molecule has 186 valence electrons. The second kappa shape index (κ2) is 9.95. The highest BCUT2D eigenvalue weighted by Crippen LogP contribution is 2.36. The number of rotatable bonds is 5. The Morgan fingerprint density at radius 1 is 0.946 bits per heavy atom. The average molecular weight is 538 g/mol. The van der Waals surface area contributed by atoms with Gasteiger partial charge >= 0.3 is 6.18 Å². The maximum Gasteiger partial charge on any atom is 0.416 e. The van der Waals surface area contributed by atoms with Crippen LogP contribution in [0.1, 0.15) is 15.9 Å². The van der Waals surface area contributed by atoms with Crippen molar-refractivity contribution in [3.8, 4) is 22.4 Å². The molecule has 2 N–H and O–H groups in total. The van der Waals surface area contributed by atoms with E-state index in [1.165, 1.54) is 23.9 Å². The van der Waals surface area contributed by atoms with E-state index in [0.29, 0.717) is 38.7 Å². The highest BCUT2D eigenvalue weighted by atomic mass is 35.5. The summed E-state index contributed by atoms with van der Waals surface area (Å²) in [4.78, 5) is 14.3. The minimum atomic E-state index is -4.44. The first kappa shape index (κ1) is 24.9. The lowest BCUT2D eigenvalue weighted by Crippen LogP contribution is -2.13. The monoisotopic (exact) mass is 537 g/mol. The van der Waals surface area contributed by atoms with E-state index < -0.39 is 17.6 Å². The molecule has 0 atom stereocenters. The zero-order chi connectivity index (χ0) is 26.2. The van der Waals surface area contributed by atoms with Crippen LogP contribution in [0.4, 0.5) is 18.9 Å². The first-order valence-corrected chi connectivity index (χ1v) is 12.7. The quantitative estimate of drug-likeness (QED) is 0.221. The molecule has 0 radical (unpaired) electrons. The van der Waals surface area contributed by atoms with Gasteiger partial charge in [-0.05, 0) is 72.0 Å². The van der Waals surface area contributed by atoms with E-state index in [1.54, 1.807) is 36.4 Å². The van der Waals surface area contributed by atoms with Crippen LogP contribution in [0.2, 0.25) is 5.02 Å². The van der Waals surface area contributed by atoms with Gasteiger partial charge in [-0.25, -0.2) is 0 Å². The third-order valence-electron chi connectivity index (χ3n) is 5.94. The number of thioether (sulfide) groups is 1. The van der Waals surface area contributed by atoms with E-state index in [-0.39, 0.29) is 0 Å². The number of hydrogen-bond acceptors (Lipinski definition) is 3. The van der Waals surface area contributed by atoms with Gasteiger partial charge in [-0.15, -0.1) is 11.8 Å². The molecule has 0 aliphatic heterocycles. The third-order valence-corrected chi connectivity index (χ3v) is 7.00. The smallest absolute Gasteiger partial charge is 0.322 e. The van der Waals surface area contributed by atoms with Crippen molar-refractivity contribution < 1.29 is 18.0 Å². The van der Waals surface area contributed by atoms with Crippen LogP contribution < -0.4 is 5.32 Å². The summed E-state index contributed by atoms with van der Waals surface area (Å²) in [7, 11) is 0. The molecule has 1 heterocycles. The van der Waals surface area contributed by atoms with Gasteiger partial charge in [0.1, 0.15) is 5.69 Å². The largest absolute Gasteiger partial charge is 0.416 e. The fraction of sp³-hybridized carbons (Fsp3) is 0.0714. The number of nitrogens with one attached hydrogen (secondary N) is 2. The molecule has 37 heavy (non-hydrogen) atoms. The summed E-state index contributed by atoms with van der Waals surface area (Å²) in [6, 6.07) is 22.8. The molecule has 0 saturated carbocycles. The number of aromatic nitrogens is 2. The molecule has 1 amide bonds. The number of para-hydroxylation sites is 1. The molecule has 4 aromatic carbocycles. The second-order valence-electron chi connectivity index (χ2n) is 8.25. The zero-order valence-electron chi connectivity index (χ0n) is 19.4. The van der Waals surface area contributed by atoms with E-state index in [1.807, 2.05) is 30.5 Å². The molecular weight excluding hydrogens is 519 g/mol. The topological polar surface area (TPSA) is 57.8 Å². The maximum atomic E-state index is 13.4. The number of benzene rings is 4. The zero-order valence-corrected chi connectivity index (χ0v) is 20.9. The number of carbonyl (C=O) groups excluding carboxylic acids is 1. The van der Waals surface area contributed by atoms with Gasteiger partial charge in [-0.2, -0.15) is 18.3 Å². The van der Waals surface area contributed by atoms with Crippen LogP contribution in [-0.4, -0.2) is 22.4 Å². The molecule has 0 aliphatic carbocycles. The van der Waals surface area contributed by atoms with Gasteiger partial charge in [0, 0.05) is 27.1 Å². The Labute approximate surface area is 219 Å². The predicted molar refractivity (Wildman–Crippen MR) is 143 cm³/mol. The minimum Gasteiger partial charge on any atom is -0.322 e. The molecule has 5 aromatic rings. The van der Waals surface area contributed by atoms with Crippen LogP contribution >= 0.6 is 23.4 Å². The number of H-pyrrole nitrogens is 1. The van der Waals surface area contributed by atoms with Gasteiger partial charge in [0.25, 0.3) is 5.91 Å². The Morgan fingerprint density at radius 3 is 2.43 bits per heavy atom. The van der Waals surface area contributed by atoms with Gasteiger partial charge in [-0.3, -0.25) is 9.89 Å². The molecule has 0 bridgehead atoms. The average Bonchev–Trinajstić information content (AvgIpc) is 3.33. The molecule has 5 rings (SSSR count). The lowest BCUT2D eigenvalue weighted by atomic mass is 9.98. The Kier molecular flexibility index (Phi) is 6.70. The van der Waals surface area contributed by atoms with Crippen LogP contribution in [0.15, 0.2) is 89.8 Å². The number of nitrogens with zero attached hydrogens (tertiary/aromatic N) is 1. The summed E-state index contributed by atoms with van der Waals surface area (Å²) in [6.07, 6.45) is -2.55. The van der Waals surface area contributed by atoms with Crippen molar-refractivity contribution in [3.05, 3.63) is 101 Å². The molecule has 0 aliphatic rings. The van der Waals surface area contributed by atoms with Crippen LogP contribution in [0.25, 0.3) is 33.3 Å². The first-order valence-electron chi connectivity index (χ1n) is 11.1. The summed E-state index contributed by atoms with van der Waals surface area (Å²) < 4.78 is 39.2. The standard InChI is InChI=1S/C28H19ClF3N3OS/c1-37-19-11-12-20(22(15-19)16-6-8-17(9-7-16)28(30,31)32)27(36)33-18-10-13-24(29)23(14-18)26-21-4-2-3-5-25(21)34-35-26/h2-15H,1H3,(H,33,36)(H,34,35). The van der Waals surface area contributed by atoms with Gasteiger partial charge < -0.3 is 5.32 Å². The van der Waals surface area contributed by atoms with E-state index in [2.05, 4.69) is 15.5 Å². The Hall–Kier alpha value is -3.75. The molecule has 0 spiro atoms. The molecule has 0 fully saturated rings. The number of anilines is 1. The van der Waals surface area contributed by atoms with Crippen molar-refractivity contribution in [2.24, 2.45) is 0 Å². The summed E-state index contributed by atoms with van der Waals surface area (Å²) in [5.74, 6) is -0.400. The number of aromatic amines is 1. The van der Waals surface area contributed by atoms with Crippen molar-refractivity contribution in [2.75, 3.05) is 11.6 Å². The van der Waals surface area contributed by atoms with Crippen molar-refractivity contribution >= 4 is 45.9 Å². The van der Waals surface area contributed by atoms with E-state index in [0.717, 1.165) is 27.9 Å². The highest BCUT2D eigenvalue weighted by molar-refractivity contribution is 7.98. The molecule has 1 aromatic heterocycles. The Morgan fingerprint density at radius 2 is 1.70 bits per heavy atom. The third kappa shape index (κ3) is 5.08. The van der Waals surface area contributed by atoms with Crippen LogP contribution in [-0.2, 0) is 6.18 Å². The fourth-order valence-corrected chi connectivity index (χ4v) is 4.72. The van der Waals surface area contributed by atoms with Crippen molar-refractivity contribution in [2.45, 2.75) is 11.1 Å². The van der Waals surface area contributed by atoms with Crippen molar-refractivity contribution in [1.29, 1.82) is 0 Å². The maximum absolute atomic E-state index is 13.4. The first-order chi connectivity index (χ1) is 17.7. The van der Waals surface area contributed by atoms with Gasteiger partial charge in [0.05, 0.1) is 16.1 Å². The van der Waals surface area contributed by atoms with Crippen LogP contribution in [0, 0.1) is 0 Å². The highest BCUT2D eigenvalue weighted by Gasteiger charge is 2.30. The van der Waals surface area contributed by atoms with Gasteiger partial charge in [-0.1, -0.05) is 41.9 Å². The number of amides is 1. The summed E-state index contributed by atoms with van der Waals surface area (Å²) in [5.41, 5.74) is 3.30. The number of hydrogen-bond donors (Lipinski definition) is 2. The summed E-state index contributed by atoms with van der Waals surface area (Å²) in [5, 5.41) is 11.6. The lowest BCUT2D eigenvalue weighted by molar-refractivity contribution is -0.137. The minimum absolute atomic E-state index is 0.333. The predicted octanol–water partition coefficient (Wildman–Crippen LogP) is 8.54. The molecule has 0 unspecified atom stereocenters. The van der Waals surface area contributed by atoms with Gasteiger partial charge in [0.15, 0.2) is 0 Å². The lowest BCUT2D eigenvalue weighted by Gasteiger charge is -2.14. The SMILES string of the molecule is CSc1ccc(C(=O)Nc2ccc(Cl)c(-c3n[nH]c4ccccc34)c2)c(-c2ccc(C(F)(F)F)cc2)c1. The van der Waals surface area contributed by atoms with Gasteiger partial charge in [0.2, 0.25) is 0 Å².